The van der Waals surface area contributed by atoms with Gasteiger partial charge in [0.2, 0.25) is 0 Å². The number of rotatable bonds is 10. The molecule has 1 atom stereocenters. The zero-order chi connectivity index (χ0) is 12.4. The number of carboxylic acid groups (broad SMARTS) is 1. The average Bonchev–Trinajstić information content (AvgIpc) is 2.27. The van der Waals surface area contributed by atoms with E-state index in [1.165, 1.54) is 34.6 Å². The van der Waals surface area contributed by atoms with Crippen LogP contribution in [0.15, 0.2) is 0 Å². The van der Waals surface area contributed by atoms with E-state index in [4.69, 9.17) is 10.8 Å². The van der Waals surface area contributed by atoms with Gasteiger partial charge in [0.05, 0.1) is 0 Å². The van der Waals surface area contributed by atoms with Gasteiger partial charge in [-0.15, -0.1) is 0 Å². The van der Waals surface area contributed by atoms with Crippen LogP contribution in [0.4, 0.5) is 0 Å². The standard InChI is InChI=1S/2C4H9.C3H7NO2S.Sn.H/c2*1-3-4-2;4-2(1-7)3(5)6;;/h2*1,3-4H2,2H3;2,7H,1,4H2,(H,5,6);;/q;;;+1;/p-1. The van der Waals surface area contributed by atoms with Crippen molar-refractivity contribution in [1.29, 1.82) is 0 Å². The molecule has 0 aliphatic rings. The minimum atomic E-state index is -1.50. The number of nitrogens with two attached hydrogens (primary N) is 1. The summed E-state index contributed by atoms with van der Waals surface area (Å²) in [5.41, 5.74) is 5.54. The van der Waals surface area contributed by atoms with Gasteiger partial charge in [0.25, 0.3) is 0 Å². The third-order valence-electron chi connectivity index (χ3n) is 2.59. The summed E-state index contributed by atoms with van der Waals surface area (Å²) in [7, 11) is 1.94. The van der Waals surface area contributed by atoms with Gasteiger partial charge in [-0.3, -0.25) is 0 Å². The summed E-state index contributed by atoms with van der Waals surface area (Å²) in [5.74, 6) is -0.229. The number of aliphatic carboxylic acids is 1. The zero-order valence-electron chi connectivity index (χ0n) is 10.4. The van der Waals surface area contributed by atoms with Gasteiger partial charge in [0.1, 0.15) is 0 Å². The topological polar surface area (TPSA) is 63.3 Å². The molecule has 0 spiro atoms. The maximum atomic E-state index is 10.6. The quantitative estimate of drug-likeness (QED) is 0.592. The maximum absolute atomic E-state index is 10.6. The molecule has 0 heterocycles. The van der Waals surface area contributed by atoms with Crippen LogP contribution in [0.1, 0.15) is 39.5 Å². The molecule has 0 saturated carbocycles. The molecule has 96 valence electrons. The van der Waals surface area contributed by atoms with Crippen LogP contribution in [0.5, 0.6) is 0 Å². The van der Waals surface area contributed by atoms with Crippen LogP contribution in [-0.4, -0.2) is 41.2 Å². The summed E-state index contributed by atoms with van der Waals surface area (Å²) in [6.07, 6.45) is 5.15. The molecule has 16 heavy (non-hydrogen) atoms. The van der Waals surface area contributed by atoms with Crippen LogP contribution in [0.2, 0.25) is 8.87 Å². The van der Waals surface area contributed by atoms with Gasteiger partial charge in [-0.05, 0) is 0 Å². The molecule has 0 rings (SSSR count). The first-order valence-corrected chi connectivity index (χ1v) is 16.0. The SMILES string of the molecule is CCC[CH2][SnH]([CH2]CCC)[S]CC(N)C(=O)O. The Bertz CT molecular complexity index is 185. The Balaban J connectivity index is 3.84. The van der Waals surface area contributed by atoms with Gasteiger partial charge >= 0.3 is 109 Å². The van der Waals surface area contributed by atoms with Crippen molar-refractivity contribution >= 4 is 33.3 Å². The molecule has 0 bridgehead atoms. The molecule has 0 radical (unpaired) electrons. The van der Waals surface area contributed by atoms with E-state index in [-0.39, 0.29) is 0 Å². The van der Waals surface area contributed by atoms with Gasteiger partial charge in [-0.2, -0.15) is 0 Å². The molecule has 0 aromatic heterocycles. The summed E-state index contributed by atoms with van der Waals surface area (Å²) in [6.45, 7) is 4.44. The molecule has 0 aromatic rings. The van der Waals surface area contributed by atoms with Crippen LogP contribution in [0.25, 0.3) is 0 Å². The van der Waals surface area contributed by atoms with Gasteiger partial charge in [-0.1, -0.05) is 0 Å². The third-order valence-corrected chi connectivity index (χ3v) is 18.5. The molecule has 0 saturated heterocycles. The predicted octanol–water partition coefficient (Wildman–Crippen LogP) is 2.46. The molecule has 0 fully saturated rings. The van der Waals surface area contributed by atoms with Crippen molar-refractivity contribution in [2.75, 3.05) is 5.75 Å². The molecular weight excluding hydrogens is 329 g/mol. The molecule has 0 aliphatic heterocycles. The predicted molar refractivity (Wildman–Crippen MR) is 74.6 cm³/mol. The summed E-state index contributed by atoms with van der Waals surface area (Å²) in [6, 6.07) is -0.660. The molecular formula is C11H25NO2SSn. The van der Waals surface area contributed by atoms with Crippen LogP contribution >= 0.6 is 8.95 Å². The van der Waals surface area contributed by atoms with Crippen molar-refractivity contribution in [3.63, 3.8) is 0 Å². The second-order valence-corrected chi connectivity index (χ2v) is 19.0. The van der Waals surface area contributed by atoms with Crippen LogP contribution in [0.3, 0.4) is 0 Å². The summed E-state index contributed by atoms with van der Waals surface area (Å²) < 4.78 is 2.80. The van der Waals surface area contributed by atoms with E-state index in [0.717, 1.165) is 0 Å². The van der Waals surface area contributed by atoms with Gasteiger partial charge in [0, 0.05) is 0 Å². The first kappa shape index (κ1) is 16.6. The van der Waals surface area contributed by atoms with E-state index in [0.29, 0.717) is 5.75 Å². The summed E-state index contributed by atoms with van der Waals surface area (Å²) >= 11 is -1.50. The van der Waals surface area contributed by atoms with E-state index >= 15 is 0 Å². The van der Waals surface area contributed by atoms with Crippen molar-refractivity contribution in [3.05, 3.63) is 0 Å². The summed E-state index contributed by atoms with van der Waals surface area (Å²) in [4.78, 5) is 10.6. The number of hydrogen-bond acceptors (Lipinski definition) is 3. The molecule has 0 aromatic carbocycles. The van der Waals surface area contributed by atoms with E-state index in [2.05, 4.69) is 13.8 Å². The summed E-state index contributed by atoms with van der Waals surface area (Å²) in [5, 5.41) is 8.73. The van der Waals surface area contributed by atoms with Crippen LogP contribution < -0.4 is 5.73 Å². The molecule has 0 amide bonds. The molecule has 3 N–H and O–H groups in total. The number of carboxylic acids is 1. The normalized spacial score (nSPS) is 13.0. The Morgan fingerprint density at radius 2 is 1.81 bits per heavy atom. The van der Waals surface area contributed by atoms with E-state index in [1.54, 1.807) is 0 Å². The Morgan fingerprint density at radius 1 is 1.31 bits per heavy atom. The first-order valence-electron chi connectivity index (χ1n) is 6.21. The van der Waals surface area contributed by atoms with Gasteiger partial charge in [-0.25, -0.2) is 0 Å². The molecule has 5 heteroatoms. The number of carbonyl (C=O) groups is 1. The second-order valence-electron chi connectivity index (χ2n) is 4.18. The molecule has 0 aliphatic carbocycles. The Hall–Kier alpha value is 0.579. The van der Waals surface area contributed by atoms with Crippen molar-refractivity contribution in [2.45, 2.75) is 54.4 Å². The third kappa shape index (κ3) is 8.70. The van der Waals surface area contributed by atoms with Gasteiger partial charge in [0.15, 0.2) is 0 Å². The molecule has 3 nitrogen and oxygen atoms in total. The fraction of sp³-hybridized carbons (Fsp3) is 0.909. The second kappa shape index (κ2) is 10.7. The van der Waals surface area contributed by atoms with E-state index in [9.17, 15) is 4.79 Å². The van der Waals surface area contributed by atoms with E-state index < -0.39 is 30.4 Å². The van der Waals surface area contributed by atoms with Crippen LogP contribution in [0, 0.1) is 0 Å². The van der Waals surface area contributed by atoms with Crippen LogP contribution in [-0.2, 0) is 4.79 Å². The van der Waals surface area contributed by atoms with Crippen molar-refractivity contribution < 1.29 is 9.90 Å². The van der Waals surface area contributed by atoms with Crippen molar-refractivity contribution in [3.8, 4) is 0 Å². The number of hydrogen-bond donors (Lipinski definition) is 2. The van der Waals surface area contributed by atoms with Crippen molar-refractivity contribution in [1.82, 2.24) is 0 Å². The Labute approximate surface area is 109 Å². The van der Waals surface area contributed by atoms with E-state index in [1.807, 2.05) is 8.95 Å². The van der Waals surface area contributed by atoms with Gasteiger partial charge < -0.3 is 0 Å². The fourth-order valence-corrected chi connectivity index (χ4v) is 17.4. The minimum absolute atomic E-state index is 0.628. The number of unbranched alkanes of at least 4 members (excludes halogenated alkanes) is 2. The molecule has 1 unspecified atom stereocenters. The first-order chi connectivity index (χ1) is 7.61. The fourth-order valence-electron chi connectivity index (χ4n) is 1.49. The average molecular weight is 354 g/mol. The Morgan fingerprint density at radius 3 is 2.19 bits per heavy atom. The monoisotopic (exact) mass is 355 g/mol. The Kier molecular flexibility index (Phi) is 11.1. The zero-order valence-corrected chi connectivity index (χ0v) is 14.6. The van der Waals surface area contributed by atoms with Crippen molar-refractivity contribution in [2.24, 2.45) is 5.73 Å².